The first-order valence-corrected chi connectivity index (χ1v) is 6.03. The van der Waals surface area contributed by atoms with Crippen molar-refractivity contribution in [3.8, 4) is 0 Å². The summed E-state index contributed by atoms with van der Waals surface area (Å²) in [4.78, 5) is 5.65. The van der Waals surface area contributed by atoms with E-state index in [0.717, 1.165) is 11.3 Å². The largest absolute Gasteiger partial charge is 0.270 e. The summed E-state index contributed by atoms with van der Waals surface area (Å²) >= 11 is 1.68. The summed E-state index contributed by atoms with van der Waals surface area (Å²) in [7, 11) is 0. The number of hydrogen-bond acceptors (Lipinski definition) is 4. The van der Waals surface area contributed by atoms with Gasteiger partial charge >= 0.3 is 0 Å². The van der Waals surface area contributed by atoms with Gasteiger partial charge in [-0.25, -0.2) is 5.43 Å². The molecule has 0 aliphatic carbocycles. The summed E-state index contributed by atoms with van der Waals surface area (Å²) in [6, 6.07) is 6.20. The second-order valence-corrected chi connectivity index (χ2v) is 4.81. The predicted molar refractivity (Wildman–Crippen MR) is 67.2 cm³/mol. The molecule has 1 atom stereocenters. The number of hydrogen-bond donors (Lipinski definition) is 2. The van der Waals surface area contributed by atoms with Crippen LogP contribution in [0.2, 0.25) is 0 Å². The second kappa shape index (κ2) is 4.74. The molecule has 2 aromatic rings. The molecule has 2 aromatic heterocycles. The quantitative estimate of drug-likeness (QED) is 0.632. The van der Waals surface area contributed by atoms with Crippen molar-refractivity contribution in [1.29, 1.82) is 0 Å². The molecule has 0 fully saturated rings. The van der Waals surface area contributed by atoms with Crippen molar-refractivity contribution in [1.82, 2.24) is 10.4 Å². The van der Waals surface area contributed by atoms with Gasteiger partial charge in [-0.05, 0) is 36.4 Å². The van der Waals surface area contributed by atoms with Crippen LogP contribution in [0.3, 0.4) is 0 Å². The van der Waals surface area contributed by atoms with Crippen LogP contribution in [0, 0.1) is 13.8 Å². The van der Waals surface area contributed by atoms with E-state index in [1.54, 1.807) is 11.3 Å². The minimum Gasteiger partial charge on any atom is -0.270 e. The van der Waals surface area contributed by atoms with Crippen LogP contribution in [-0.4, -0.2) is 4.98 Å². The standard InChI is InChI=1S/C12H15N3S/c1-8-6-9(2)11(14-7-8)12(15-13)10-4-3-5-16-10/h3-7,12,15H,13H2,1-2H3. The van der Waals surface area contributed by atoms with Crippen LogP contribution in [0.25, 0.3) is 0 Å². The zero-order valence-corrected chi connectivity index (χ0v) is 10.2. The van der Waals surface area contributed by atoms with Gasteiger partial charge in [-0.3, -0.25) is 10.8 Å². The van der Waals surface area contributed by atoms with Gasteiger partial charge in [0.1, 0.15) is 0 Å². The molecular weight excluding hydrogens is 218 g/mol. The third-order valence-corrected chi connectivity index (χ3v) is 3.46. The second-order valence-electron chi connectivity index (χ2n) is 3.83. The Morgan fingerprint density at radius 3 is 2.81 bits per heavy atom. The van der Waals surface area contributed by atoms with Crippen molar-refractivity contribution >= 4 is 11.3 Å². The fourth-order valence-electron chi connectivity index (χ4n) is 1.78. The molecule has 0 radical (unpaired) electrons. The normalized spacial score (nSPS) is 12.7. The van der Waals surface area contributed by atoms with Crippen molar-refractivity contribution < 1.29 is 0 Å². The van der Waals surface area contributed by atoms with Crippen LogP contribution >= 0.6 is 11.3 Å². The van der Waals surface area contributed by atoms with Gasteiger partial charge in [0.05, 0.1) is 11.7 Å². The smallest absolute Gasteiger partial charge is 0.0975 e. The molecule has 0 bridgehead atoms. The average molecular weight is 233 g/mol. The maximum absolute atomic E-state index is 5.62. The maximum Gasteiger partial charge on any atom is 0.0975 e. The summed E-state index contributed by atoms with van der Waals surface area (Å²) in [5.41, 5.74) is 6.16. The Bertz CT molecular complexity index is 465. The number of pyridine rings is 1. The Labute approximate surface area is 99.3 Å². The van der Waals surface area contributed by atoms with E-state index in [9.17, 15) is 0 Å². The summed E-state index contributed by atoms with van der Waals surface area (Å²) in [6.07, 6.45) is 1.88. The topological polar surface area (TPSA) is 50.9 Å². The number of aryl methyl sites for hydroxylation is 2. The number of hydrazine groups is 1. The first kappa shape index (κ1) is 11.3. The molecule has 0 amide bonds. The SMILES string of the molecule is Cc1cnc(C(NN)c2cccs2)c(C)c1. The minimum absolute atomic E-state index is 0.0133. The van der Waals surface area contributed by atoms with Gasteiger partial charge in [-0.1, -0.05) is 12.1 Å². The lowest BCUT2D eigenvalue weighted by Crippen LogP contribution is -2.29. The van der Waals surface area contributed by atoms with Gasteiger partial charge in [0.2, 0.25) is 0 Å². The van der Waals surface area contributed by atoms with Crippen molar-refractivity contribution in [3.63, 3.8) is 0 Å². The number of nitrogens with two attached hydrogens (primary N) is 1. The number of nitrogens with zero attached hydrogens (tertiary/aromatic N) is 1. The van der Waals surface area contributed by atoms with Crippen molar-refractivity contribution in [2.45, 2.75) is 19.9 Å². The van der Waals surface area contributed by atoms with E-state index >= 15 is 0 Å². The molecule has 0 aromatic carbocycles. The van der Waals surface area contributed by atoms with Crippen molar-refractivity contribution in [3.05, 3.63) is 51.5 Å². The van der Waals surface area contributed by atoms with Gasteiger partial charge in [0, 0.05) is 11.1 Å². The summed E-state index contributed by atoms with van der Waals surface area (Å²) in [5, 5.41) is 2.04. The van der Waals surface area contributed by atoms with E-state index in [-0.39, 0.29) is 6.04 Å². The molecule has 0 aliphatic heterocycles. The molecule has 0 aliphatic rings. The van der Waals surface area contributed by atoms with E-state index in [1.807, 2.05) is 24.6 Å². The Hall–Kier alpha value is -1.23. The highest BCUT2D eigenvalue weighted by Crippen LogP contribution is 2.26. The van der Waals surface area contributed by atoms with Gasteiger partial charge in [-0.15, -0.1) is 11.3 Å². The summed E-state index contributed by atoms with van der Waals surface area (Å²) in [5.74, 6) is 5.62. The number of aromatic nitrogens is 1. The zero-order chi connectivity index (χ0) is 11.5. The highest BCUT2D eigenvalue weighted by atomic mass is 32.1. The van der Waals surface area contributed by atoms with Gasteiger partial charge < -0.3 is 0 Å². The van der Waals surface area contributed by atoms with E-state index in [1.165, 1.54) is 10.4 Å². The molecule has 0 spiro atoms. The molecule has 16 heavy (non-hydrogen) atoms. The summed E-state index contributed by atoms with van der Waals surface area (Å²) < 4.78 is 0. The highest BCUT2D eigenvalue weighted by Gasteiger charge is 2.16. The Kier molecular flexibility index (Phi) is 3.33. The van der Waals surface area contributed by atoms with E-state index in [4.69, 9.17) is 5.84 Å². The monoisotopic (exact) mass is 233 g/mol. The number of thiophene rings is 1. The highest BCUT2D eigenvalue weighted by molar-refractivity contribution is 7.10. The maximum atomic E-state index is 5.62. The Morgan fingerprint density at radius 2 is 2.25 bits per heavy atom. The zero-order valence-electron chi connectivity index (χ0n) is 9.40. The molecule has 1 unspecified atom stereocenters. The van der Waals surface area contributed by atoms with Gasteiger partial charge in [0.25, 0.3) is 0 Å². The fourth-order valence-corrected chi connectivity index (χ4v) is 2.57. The Morgan fingerprint density at radius 1 is 1.44 bits per heavy atom. The van der Waals surface area contributed by atoms with Crippen LogP contribution in [0.5, 0.6) is 0 Å². The van der Waals surface area contributed by atoms with Crippen LogP contribution in [0.4, 0.5) is 0 Å². The van der Waals surface area contributed by atoms with Crippen molar-refractivity contribution in [2.75, 3.05) is 0 Å². The molecule has 0 saturated carbocycles. The first-order chi connectivity index (χ1) is 7.72. The van der Waals surface area contributed by atoms with Gasteiger partial charge in [-0.2, -0.15) is 0 Å². The van der Waals surface area contributed by atoms with E-state index < -0.39 is 0 Å². The first-order valence-electron chi connectivity index (χ1n) is 5.15. The molecule has 3 nitrogen and oxygen atoms in total. The predicted octanol–water partition coefficient (Wildman–Crippen LogP) is 2.31. The summed E-state index contributed by atoms with van der Waals surface area (Å²) in [6.45, 7) is 4.10. The molecule has 84 valence electrons. The van der Waals surface area contributed by atoms with E-state index in [0.29, 0.717) is 0 Å². The third kappa shape index (κ3) is 2.14. The lowest BCUT2D eigenvalue weighted by atomic mass is 10.1. The average Bonchev–Trinajstić information content (AvgIpc) is 2.75. The van der Waals surface area contributed by atoms with E-state index in [2.05, 4.69) is 29.5 Å². The molecule has 2 heterocycles. The fraction of sp³-hybridized carbons (Fsp3) is 0.250. The molecular formula is C12H15N3S. The lowest BCUT2D eigenvalue weighted by Gasteiger charge is -2.16. The lowest BCUT2D eigenvalue weighted by molar-refractivity contribution is 0.625. The molecule has 3 N–H and O–H groups in total. The molecule has 2 rings (SSSR count). The van der Waals surface area contributed by atoms with Gasteiger partial charge in [0.15, 0.2) is 0 Å². The van der Waals surface area contributed by atoms with Crippen LogP contribution in [0.15, 0.2) is 29.8 Å². The number of rotatable bonds is 3. The minimum atomic E-state index is -0.0133. The van der Waals surface area contributed by atoms with Crippen molar-refractivity contribution in [2.24, 2.45) is 5.84 Å². The number of nitrogens with one attached hydrogen (secondary N) is 1. The van der Waals surface area contributed by atoms with Crippen LogP contribution in [-0.2, 0) is 0 Å². The third-order valence-electron chi connectivity index (χ3n) is 2.52. The van der Waals surface area contributed by atoms with Crippen LogP contribution < -0.4 is 11.3 Å². The molecule has 0 saturated heterocycles. The molecule has 4 heteroatoms. The Balaban J connectivity index is 2.41. The van der Waals surface area contributed by atoms with Crippen LogP contribution in [0.1, 0.15) is 27.7 Å².